The molecule has 2 aromatic carbocycles. The summed E-state index contributed by atoms with van der Waals surface area (Å²) in [4.78, 5) is 11.1. The topological polar surface area (TPSA) is 73.7 Å². The lowest BCUT2D eigenvalue weighted by Gasteiger charge is -2.27. The molecule has 1 heterocycles. The van der Waals surface area contributed by atoms with E-state index < -0.39 is 11.9 Å². The molecule has 2 aromatic rings. The van der Waals surface area contributed by atoms with Gasteiger partial charge in [-0.1, -0.05) is 35.9 Å². The van der Waals surface area contributed by atoms with Gasteiger partial charge < -0.3 is 15.8 Å². The van der Waals surface area contributed by atoms with Gasteiger partial charge in [-0.25, -0.2) is 4.39 Å². The first kappa shape index (κ1) is 18.4. The second kappa shape index (κ2) is 8.29. The zero-order valence-corrected chi connectivity index (χ0v) is 14.7. The van der Waals surface area contributed by atoms with Gasteiger partial charge in [0, 0.05) is 24.2 Å². The number of halogens is 2. The highest BCUT2D eigenvalue weighted by Gasteiger charge is 2.26. The number of piperidine rings is 1. The van der Waals surface area contributed by atoms with E-state index >= 15 is 0 Å². The summed E-state index contributed by atoms with van der Waals surface area (Å²) in [6.45, 7) is 1.13. The van der Waals surface area contributed by atoms with Gasteiger partial charge in [0.25, 0.3) is 0 Å². The molecule has 1 saturated heterocycles. The number of hydrazone groups is 1. The van der Waals surface area contributed by atoms with Crippen LogP contribution in [0.4, 0.5) is 4.39 Å². The molecule has 1 aliphatic heterocycles. The summed E-state index contributed by atoms with van der Waals surface area (Å²) in [5, 5.41) is 16.8. The smallest absolute Gasteiger partial charge is 0.307 e. The van der Waals surface area contributed by atoms with Crippen LogP contribution in [0.25, 0.3) is 11.1 Å². The van der Waals surface area contributed by atoms with E-state index in [9.17, 15) is 9.18 Å². The Bertz CT molecular complexity index is 828. The third-order valence-corrected chi connectivity index (χ3v) is 4.66. The van der Waals surface area contributed by atoms with E-state index in [1.54, 1.807) is 12.3 Å². The van der Waals surface area contributed by atoms with Gasteiger partial charge in [0.05, 0.1) is 23.2 Å². The normalized spacial score (nSPS) is 20.2. The van der Waals surface area contributed by atoms with Crippen LogP contribution >= 0.6 is 11.6 Å². The molecule has 3 N–H and O–H groups in total. The maximum absolute atomic E-state index is 13.3. The number of carbonyl (C=O) groups is 1. The highest BCUT2D eigenvalue weighted by Crippen LogP contribution is 2.30. The van der Waals surface area contributed by atoms with Gasteiger partial charge in [0.15, 0.2) is 0 Å². The van der Waals surface area contributed by atoms with E-state index in [2.05, 4.69) is 15.8 Å². The quantitative estimate of drug-likeness (QED) is 0.554. The second-order valence-corrected chi connectivity index (χ2v) is 6.63. The molecule has 2 atom stereocenters. The summed E-state index contributed by atoms with van der Waals surface area (Å²) in [5.41, 5.74) is 5.40. The second-order valence-electron chi connectivity index (χ2n) is 6.22. The Balaban J connectivity index is 1.74. The van der Waals surface area contributed by atoms with Crippen LogP contribution in [0.3, 0.4) is 0 Å². The van der Waals surface area contributed by atoms with Crippen molar-refractivity contribution in [3.05, 3.63) is 58.9 Å². The predicted octanol–water partition coefficient (Wildman–Crippen LogP) is 3.13. The van der Waals surface area contributed by atoms with Crippen molar-refractivity contribution in [3.8, 4) is 11.1 Å². The van der Waals surface area contributed by atoms with Gasteiger partial charge in [-0.15, -0.1) is 0 Å². The summed E-state index contributed by atoms with van der Waals surface area (Å²) in [7, 11) is 0. The zero-order valence-electron chi connectivity index (χ0n) is 14.0. The van der Waals surface area contributed by atoms with Gasteiger partial charge in [-0.2, -0.15) is 5.10 Å². The van der Waals surface area contributed by atoms with Gasteiger partial charge >= 0.3 is 5.97 Å². The van der Waals surface area contributed by atoms with Crippen molar-refractivity contribution < 1.29 is 14.3 Å². The molecule has 7 heteroatoms. The summed E-state index contributed by atoms with van der Waals surface area (Å²) >= 11 is 6.17. The number of hydrogen-bond acceptors (Lipinski definition) is 4. The van der Waals surface area contributed by atoms with Crippen LogP contribution in [0.1, 0.15) is 12.0 Å². The Morgan fingerprint density at radius 1 is 1.27 bits per heavy atom. The number of nitrogens with zero attached hydrogens (tertiary/aromatic N) is 1. The van der Waals surface area contributed by atoms with Gasteiger partial charge in [-0.3, -0.25) is 4.79 Å². The number of carboxylic acids is 1. The maximum atomic E-state index is 13.3. The molecule has 0 amide bonds. The van der Waals surface area contributed by atoms with Crippen molar-refractivity contribution in [1.29, 1.82) is 0 Å². The molecule has 1 fully saturated rings. The lowest BCUT2D eigenvalue weighted by Crippen LogP contribution is -2.47. The molecule has 0 radical (unpaired) electrons. The Labute approximate surface area is 155 Å². The van der Waals surface area contributed by atoms with E-state index in [1.807, 2.05) is 24.3 Å². The van der Waals surface area contributed by atoms with Crippen molar-refractivity contribution in [2.24, 2.45) is 11.0 Å². The van der Waals surface area contributed by atoms with Crippen LogP contribution in [-0.4, -0.2) is 36.4 Å². The van der Waals surface area contributed by atoms with Crippen molar-refractivity contribution in [3.63, 3.8) is 0 Å². The maximum Gasteiger partial charge on any atom is 0.307 e. The molecule has 1 aliphatic rings. The van der Waals surface area contributed by atoms with Crippen LogP contribution in [0, 0.1) is 11.7 Å². The molecular formula is C19H19ClFN3O2. The molecule has 5 nitrogen and oxygen atoms in total. The highest BCUT2D eigenvalue weighted by atomic mass is 35.5. The first-order chi connectivity index (χ1) is 12.5. The number of benzene rings is 2. The van der Waals surface area contributed by atoms with Crippen LogP contribution in [0.5, 0.6) is 0 Å². The third-order valence-electron chi connectivity index (χ3n) is 4.34. The molecule has 0 saturated carbocycles. The Morgan fingerprint density at radius 3 is 2.85 bits per heavy atom. The highest BCUT2D eigenvalue weighted by molar-refractivity contribution is 6.33. The number of carboxylic acid groups (broad SMARTS) is 1. The minimum Gasteiger partial charge on any atom is -0.481 e. The van der Waals surface area contributed by atoms with E-state index in [4.69, 9.17) is 16.7 Å². The number of aliphatic carboxylic acids is 1. The third kappa shape index (κ3) is 4.39. The zero-order chi connectivity index (χ0) is 18.5. The Hall–Kier alpha value is -2.44. The molecule has 0 aromatic heterocycles. The number of rotatable bonds is 5. The Morgan fingerprint density at radius 2 is 2.08 bits per heavy atom. The minimum absolute atomic E-state index is 0.0531. The number of hydrogen-bond donors (Lipinski definition) is 3. The average Bonchev–Trinajstić information content (AvgIpc) is 2.63. The predicted molar refractivity (Wildman–Crippen MR) is 100.0 cm³/mol. The standard InChI is InChI=1S/C19H19ClFN3O2/c20-18-8-14(21)5-6-17(18)16-4-2-1-3-12(16)10-23-24-15-7-13(19(25)26)9-22-11-15/h1-6,8,10,13,15,22,24H,7,9,11H2,(H,25,26)/b23-10+/t13-,15+/m1/s1. The van der Waals surface area contributed by atoms with Gasteiger partial charge in [-0.05, 0) is 30.2 Å². The monoisotopic (exact) mass is 375 g/mol. The summed E-state index contributed by atoms with van der Waals surface area (Å²) in [6.07, 6.45) is 2.19. The molecule has 0 bridgehead atoms. The molecular weight excluding hydrogens is 357 g/mol. The fourth-order valence-corrected chi connectivity index (χ4v) is 3.27. The van der Waals surface area contributed by atoms with Crippen molar-refractivity contribution in [1.82, 2.24) is 10.7 Å². The van der Waals surface area contributed by atoms with Crippen LogP contribution in [0.2, 0.25) is 5.02 Å². The lowest BCUT2D eigenvalue weighted by molar-refractivity contribution is -0.142. The fourth-order valence-electron chi connectivity index (χ4n) is 3.00. The lowest BCUT2D eigenvalue weighted by atomic mass is 9.96. The molecule has 0 spiro atoms. The first-order valence-corrected chi connectivity index (χ1v) is 8.69. The SMILES string of the molecule is O=C(O)[C@H]1CNC[C@@H](N/N=C/c2ccccc2-c2ccc(F)cc2Cl)C1. The molecule has 3 rings (SSSR count). The Kier molecular flexibility index (Phi) is 5.85. The van der Waals surface area contributed by atoms with Gasteiger partial charge in [0.2, 0.25) is 0 Å². The average molecular weight is 376 g/mol. The minimum atomic E-state index is -0.802. The van der Waals surface area contributed by atoms with Crippen LogP contribution in [0.15, 0.2) is 47.6 Å². The van der Waals surface area contributed by atoms with Crippen molar-refractivity contribution >= 4 is 23.8 Å². The summed E-state index contributed by atoms with van der Waals surface area (Å²) in [5.74, 6) is -1.60. The van der Waals surface area contributed by atoms with E-state index in [0.29, 0.717) is 24.5 Å². The number of nitrogens with one attached hydrogen (secondary N) is 2. The van der Waals surface area contributed by atoms with E-state index in [1.165, 1.54) is 12.1 Å². The van der Waals surface area contributed by atoms with E-state index in [0.717, 1.165) is 16.7 Å². The molecule has 136 valence electrons. The van der Waals surface area contributed by atoms with Crippen molar-refractivity contribution in [2.45, 2.75) is 12.5 Å². The van der Waals surface area contributed by atoms with Crippen LogP contribution < -0.4 is 10.7 Å². The van der Waals surface area contributed by atoms with E-state index in [-0.39, 0.29) is 11.9 Å². The van der Waals surface area contributed by atoms with Gasteiger partial charge in [0.1, 0.15) is 5.82 Å². The van der Waals surface area contributed by atoms with Crippen LogP contribution in [-0.2, 0) is 4.79 Å². The summed E-state index contributed by atoms with van der Waals surface area (Å²) < 4.78 is 13.3. The molecule has 26 heavy (non-hydrogen) atoms. The molecule has 0 aliphatic carbocycles. The largest absolute Gasteiger partial charge is 0.481 e. The molecule has 0 unspecified atom stereocenters. The summed E-state index contributed by atoms with van der Waals surface area (Å²) in [6, 6.07) is 11.8. The first-order valence-electron chi connectivity index (χ1n) is 8.31. The van der Waals surface area contributed by atoms with Crippen molar-refractivity contribution in [2.75, 3.05) is 13.1 Å². The fraction of sp³-hybridized carbons (Fsp3) is 0.263.